The second-order valence-corrected chi connectivity index (χ2v) is 10.1. The van der Waals surface area contributed by atoms with Crippen LogP contribution in [0.1, 0.15) is 78.6 Å². The number of rotatable bonds is 11. The molecule has 17 heavy (non-hydrogen) atoms. The van der Waals surface area contributed by atoms with Gasteiger partial charge in [-0.25, -0.2) is 0 Å². The van der Waals surface area contributed by atoms with Crippen molar-refractivity contribution in [1.29, 1.82) is 5.26 Å². The van der Waals surface area contributed by atoms with Crippen molar-refractivity contribution in [2.24, 2.45) is 0 Å². The predicted molar refractivity (Wildman–Crippen MR) is 77.4 cm³/mol. The van der Waals surface area contributed by atoms with Crippen molar-refractivity contribution in [3.63, 3.8) is 0 Å². The summed E-state index contributed by atoms with van der Waals surface area (Å²) in [5.74, 6) is 0. The Bertz CT molecular complexity index is 186. The quantitative estimate of drug-likeness (QED) is 0.464. The Labute approximate surface area is 119 Å². The van der Waals surface area contributed by atoms with Crippen molar-refractivity contribution >= 4 is 21.1 Å². The Morgan fingerprint density at radius 1 is 0.882 bits per heavy atom. The second kappa shape index (κ2) is 11.4. The van der Waals surface area contributed by atoms with Crippen molar-refractivity contribution in [1.82, 2.24) is 0 Å². The zero-order valence-corrected chi connectivity index (χ0v) is 14.9. The van der Waals surface area contributed by atoms with Crippen LogP contribution in [0.2, 0.25) is 7.87 Å². The minimum absolute atomic E-state index is 0.502. The van der Waals surface area contributed by atoms with Crippen LogP contribution in [-0.2, 0) is 0 Å². The normalized spacial score (nSPS) is 11.4. The first-order valence-corrected chi connectivity index (χ1v) is 10.8. The van der Waals surface area contributed by atoms with E-state index >= 15 is 0 Å². The molecule has 0 unspecified atom stereocenters. The van der Waals surface area contributed by atoms with Gasteiger partial charge in [-0.3, -0.25) is 0 Å². The standard InChI is InChI=1S/C13H27.C2H2N.Sn/c1-4-7-10-13(11-8-5-2)12-9-6-3;1-2-3;/h4-12H2,1-3H3;1H2;. The van der Waals surface area contributed by atoms with E-state index in [9.17, 15) is 0 Å². The molecule has 0 amide bonds. The molecule has 0 saturated heterocycles. The zero-order chi connectivity index (χ0) is 13.0. The van der Waals surface area contributed by atoms with Crippen molar-refractivity contribution in [2.45, 2.75) is 86.4 Å². The fourth-order valence-corrected chi connectivity index (χ4v) is 6.74. The Morgan fingerprint density at radius 3 is 1.59 bits per heavy atom. The van der Waals surface area contributed by atoms with E-state index in [0.29, 0.717) is 3.43 Å². The summed E-state index contributed by atoms with van der Waals surface area (Å²) in [6.07, 6.45) is 12.3. The number of nitriles is 1. The fourth-order valence-electron chi connectivity index (χ4n) is 2.41. The molecule has 0 rings (SSSR count). The SMILES string of the molecule is CCCC[C](CCCC)(CCCC)[Sn][CH2]C#N. The molecule has 98 valence electrons. The van der Waals surface area contributed by atoms with Gasteiger partial charge in [-0.1, -0.05) is 0 Å². The molecule has 0 aliphatic heterocycles. The average molecular weight is 342 g/mol. The molecule has 0 aromatic rings. The molecule has 2 radical (unpaired) electrons. The summed E-state index contributed by atoms with van der Waals surface area (Å²) in [4.78, 5) is 0. The number of hydrogen-bond donors (Lipinski definition) is 0. The van der Waals surface area contributed by atoms with Crippen molar-refractivity contribution in [3.8, 4) is 6.07 Å². The van der Waals surface area contributed by atoms with Gasteiger partial charge in [-0.15, -0.1) is 0 Å². The van der Waals surface area contributed by atoms with E-state index in [1.165, 1.54) is 57.8 Å². The van der Waals surface area contributed by atoms with Crippen molar-refractivity contribution in [2.75, 3.05) is 0 Å². The summed E-state index contributed by atoms with van der Waals surface area (Å²) in [5, 5.41) is 8.90. The van der Waals surface area contributed by atoms with E-state index in [4.69, 9.17) is 5.26 Å². The van der Waals surface area contributed by atoms with Crippen LogP contribution >= 0.6 is 0 Å². The fraction of sp³-hybridized carbons (Fsp3) is 0.933. The van der Waals surface area contributed by atoms with Gasteiger partial charge in [-0.2, -0.15) is 0 Å². The third-order valence-corrected chi connectivity index (χ3v) is 8.81. The Kier molecular flexibility index (Phi) is 11.6. The molecule has 0 N–H and O–H groups in total. The summed E-state index contributed by atoms with van der Waals surface area (Å²) >= 11 is -0.502. The van der Waals surface area contributed by atoms with Gasteiger partial charge in [-0.05, 0) is 0 Å². The summed E-state index contributed by atoms with van der Waals surface area (Å²) in [6, 6.07) is 2.43. The van der Waals surface area contributed by atoms with E-state index in [1.807, 2.05) is 0 Å². The molecule has 0 aromatic heterocycles. The van der Waals surface area contributed by atoms with Gasteiger partial charge < -0.3 is 0 Å². The molecule has 0 saturated carbocycles. The van der Waals surface area contributed by atoms with Crippen LogP contribution in [0.15, 0.2) is 0 Å². The minimum atomic E-state index is -0.502. The molecule has 2 heteroatoms. The third kappa shape index (κ3) is 8.08. The first-order chi connectivity index (χ1) is 8.24. The van der Waals surface area contributed by atoms with E-state index in [1.54, 1.807) is 0 Å². The second-order valence-electron chi connectivity index (χ2n) is 5.10. The van der Waals surface area contributed by atoms with Gasteiger partial charge in [0.25, 0.3) is 0 Å². The maximum atomic E-state index is 8.90. The van der Waals surface area contributed by atoms with Crippen LogP contribution in [0, 0.1) is 11.3 Å². The molecule has 0 aliphatic rings. The topological polar surface area (TPSA) is 23.8 Å². The molecular weight excluding hydrogens is 313 g/mol. The first-order valence-electron chi connectivity index (χ1n) is 7.36. The van der Waals surface area contributed by atoms with E-state index in [2.05, 4.69) is 26.8 Å². The summed E-state index contributed by atoms with van der Waals surface area (Å²) in [6.45, 7) is 6.87. The molecule has 0 aliphatic carbocycles. The number of unbranched alkanes of at least 4 members (excludes halogenated alkanes) is 3. The van der Waals surface area contributed by atoms with Crippen LogP contribution < -0.4 is 0 Å². The molecular formula is C15H29NSn. The Morgan fingerprint density at radius 2 is 1.29 bits per heavy atom. The van der Waals surface area contributed by atoms with Crippen molar-refractivity contribution < 1.29 is 0 Å². The van der Waals surface area contributed by atoms with Gasteiger partial charge in [0.2, 0.25) is 0 Å². The van der Waals surface area contributed by atoms with E-state index < -0.39 is 21.1 Å². The monoisotopic (exact) mass is 343 g/mol. The molecule has 0 spiro atoms. The molecule has 0 bridgehead atoms. The van der Waals surface area contributed by atoms with Gasteiger partial charge in [0, 0.05) is 0 Å². The van der Waals surface area contributed by atoms with Crippen LogP contribution in [-0.4, -0.2) is 21.1 Å². The molecule has 0 heterocycles. The number of nitrogens with zero attached hydrogens (tertiary/aromatic N) is 1. The summed E-state index contributed by atoms with van der Waals surface area (Å²) < 4.78 is 1.57. The van der Waals surface area contributed by atoms with Gasteiger partial charge in [0.05, 0.1) is 0 Å². The maximum absolute atomic E-state index is 8.90. The van der Waals surface area contributed by atoms with Crippen LogP contribution in [0.25, 0.3) is 0 Å². The van der Waals surface area contributed by atoms with Gasteiger partial charge in [0.15, 0.2) is 0 Å². The molecule has 0 fully saturated rings. The first kappa shape index (κ1) is 17.3. The predicted octanol–water partition coefficient (Wildman–Crippen LogP) is 5.36. The van der Waals surface area contributed by atoms with Crippen LogP contribution in [0.3, 0.4) is 0 Å². The molecule has 1 nitrogen and oxygen atoms in total. The zero-order valence-electron chi connectivity index (χ0n) is 12.0. The Balaban J connectivity index is 4.46. The summed E-state index contributed by atoms with van der Waals surface area (Å²) in [7, 11) is 0. The van der Waals surface area contributed by atoms with Crippen molar-refractivity contribution in [3.05, 3.63) is 0 Å². The average Bonchev–Trinajstić information content (AvgIpc) is 2.37. The van der Waals surface area contributed by atoms with Crippen LogP contribution in [0.5, 0.6) is 0 Å². The number of hydrogen-bond acceptors (Lipinski definition) is 1. The van der Waals surface area contributed by atoms with Gasteiger partial charge in [0.1, 0.15) is 0 Å². The van der Waals surface area contributed by atoms with Crippen LogP contribution in [0.4, 0.5) is 0 Å². The third-order valence-electron chi connectivity index (χ3n) is 3.57. The molecule has 0 aromatic carbocycles. The van der Waals surface area contributed by atoms with E-state index in [-0.39, 0.29) is 0 Å². The van der Waals surface area contributed by atoms with E-state index in [0.717, 1.165) is 4.44 Å². The molecule has 0 atom stereocenters. The Hall–Kier alpha value is 0.289. The summed E-state index contributed by atoms with van der Waals surface area (Å²) in [5.41, 5.74) is 0. The van der Waals surface area contributed by atoms with Gasteiger partial charge >= 0.3 is 119 Å².